The number of Topliss-reactive ketones (excluding diaryl/α,β-unsaturated/α-hetero) is 1. The van der Waals surface area contributed by atoms with E-state index in [1.807, 2.05) is 6.08 Å². The first kappa shape index (κ1) is 26.8. The summed E-state index contributed by atoms with van der Waals surface area (Å²) in [5.41, 5.74) is 0.374. The van der Waals surface area contributed by atoms with Crippen molar-refractivity contribution >= 4 is 23.5 Å². The van der Waals surface area contributed by atoms with Crippen LogP contribution in [0.1, 0.15) is 73.1 Å². The van der Waals surface area contributed by atoms with Crippen molar-refractivity contribution in [1.82, 2.24) is 0 Å². The molecule has 0 heterocycles. The van der Waals surface area contributed by atoms with Crippen LogP contribution < -0.4 is 0 Å². The fourth-order valence-corrected chi connectivity index (χ4v) is 8.15. The molecule has 0 saturated heterocycles. The topological polar surface area (TPSA) is 107 Å². The van der Waals surface area contributed by atoms with Gasteiger partial charge in [0.2, 0.25) is 0 Å². The molecular formula is C29H40O7. The Morgan fingerprint density at radius 1 is 1.19 bits per heavy atom. The van der Waals surface area contributed by atoms with E-state index < -0.39 is 24.1 Å². The molecule has 3 fully saturated rings. The number of ketones is 2. The van der Waals surface area contributed by atoms with Crippen LogP contribution >= 0.6 is 0 Å². The predicted molar refractivity (Wildman–Crippen MR) is 132 cm³/mol. The van der Waals surface area contributed by atoms with E-state index in [1.165, 1.54) is 0 Å². The number of hydrogen-bond donors (Lipinski definition) is 1. The molecule has 0 radical (unpaired) electrons. The van der Waals surface area contributed by atoms with Crippen LogP contribution in [0.2, 0.25) is 0 Å². The molecule has 3 saturated carbocycles. The van der Waals surface area contributed by atoms with Crippen molar-refractivity contribution < 1.29 is 33.8 Å². The Morgan fingerprint density at radius 3 is 2.58 bits per heavy atom. The number of aliphatic hydroxyl groups excluding tert-OH is 1. The third-order valence-corrected chi connectivity index (χ3v) is 9.76. The molecule has 4 aliphatic carbocycles. The van der Waals surface area contributed by atoms with Gasteiger partial charge in [0, 0.05) is 23.7 Å². The minimum atomic E-state index is -1.00. The summed E-state index contributed by atoms with van der Waals surface area (Å²) in [4.78, 5) is 49.5. The summed E-state index contributed by atoms with van der Waals surface area (Å²) in [5, 5.41) is 11.5. The van der Waals surface area contributed by atoms with Crippen LogP contribution in [-0.2, 0) is 28.7 Å². The monoisotopic (exact) mass is 500 g/mol. The summed E-state index contributed by atoms with van der Waals surface area (Å²) >= 11 is 0. The molecule has 0 aromatic carbocycles. The fourth-order valence-electron chi connectivity index (χ4n) is 8.15. The second-order valence-corrected chi connectivity index (χ2v) is 11.8. The van der Waals surface area contributed by atoms with Gasteiger partial charge in [-0.25, -0.2) is 4.79 Å². The third-order valence-electron chi connectivity index (χ3n) is 9.76. The molecule has 9 atom stereocenters. The third kappa shape index (κ3) is 4.37. The smallest absolute Gasteiger partial charge is 0.347 e. The van der Waals surface area contributed by atoms with E-state index in [4.69, 9.17) is 9.47 Å². The van der Waals surface area contributed by atoms with Crippen LogP contribution in [0.5, 0.6) is 0 Å². The van der Waals surface area contributed by atoms with E-state index in [2.05, 4.69) is 20.8 Å². The lowest BCUT2D eigenvalue weighted by atomic mass is 9.45. The highest BCUT2D eigenvalue weighted by molar-refractivity contribution is 6.01. The van der Waals surface area contributed by atoms with Gasteiger partial charge in [-0.15, -0.1) is 0 Å². The molecule has 1 N–H and O–H groups in total. The lowest BCUT2D eigenvalue weighted by molar-refractivity contribution is -0.170. The number of allylic oxidation sites excluding steroid dienone is 4. The Morgan fingerprint density at radius 2 is 1.92 bits per heavy atom. The number of esters is 2. The molecule has 4 rings (SSSR count). The van der Waals surface area contributed by atoms with Crippen LogP contribution in [0, 0.1) is 40.4 Å². The Bertz CT molecular complexity index is 996. The predicted octanol–water partition coefficient (Wildman–Crippen LogP) is 3.97. The molecule has 0 aliphatic heterocycles. The average Bonchev–Trinajstić information content (AvgIpc) is 3.18. The van der Waals surface area contributed by atoms with Crippen molar-refractivity contribution in [3.63, 3.8) is 0 Å². The number of carbonyl (C=O) groups excluding carboxylic acids is 4. The minimum absolute atomic E-state index is 0.00705. The first-order valence-electron chi connectivity index (χ1n) is 13.5. The zero-order valence-electron chi connectivity index (χ0n) is 22.1. The van der Waals surface area contributed by atoms with E-state index in [9.17, 15) is 24.3 Å². The number of fused-ring (bicyclic) bond motifs is 5. The fraction of sp³-hybridized carbons (Fsp3) is 0.724. The van der Waals surface area contributed by atoms with Crippen LogP contribution in [0.3, 0.4) is 0 Å². The molecule has 1 unspecified atom stereocenters. The maximum absolute atomic E-state index is 13.3. The standard InChI is InChI=1S/C29H40O7/c1-6-24(36-25(33)7-2)27(34)35-15-23(32)20-9-8-19-18-12-16(3)21-13-17(30)10-11-28(21,4)26(18)22(31)14-29(19,20)5/h10-11,13,16,18-20,22,24,26,31H,6-9,12,14-15H2,1-5H3/t16-,18-,19-,20+,22-,24?,26+,28-,29-/m0/s1. The van der Waals surface area contributed by atoms with Crippen molar-refractivity contribution in [3.8, 4) is 0 Å². The maximum Gasteiger partial charge on any atom is 0.347 e. The summed E-state index contributed by atoms with van der Waals surface area (Å²) in [7, 11) is 0. The SMILES string of the molecule is CCC(=O)OC(CC)C(=O)OCC(=O)[C@H]1CC[C@H]2[C@@H]3C[C@H](C)C4=CC(=O)C=C[C@]4(C)[C@H]3[C@@H](O)C[C@]12C. The summed E-state index contributed by atoms with van der Waals surface area (Å²) in [6.07, 6.45) is 7.24. The molecular weight excluding hydrogens is 460 g/mol. The zero-order valence-corrected chi connectivity index (χ0v) is 22.1. The zero-order chi connectivity index (χ0) is 26.4. The first-order chi connectivity index (χ1) is 17.0. The lowest BCUT2D eigenvalue weighted by Gasteiger charge is -2.60. The molecule has 198 valence electrons. The lowest BCUT2D eigenvalue weighted by Crippen LogP contribution is -2.57. The molecule has 0 amide bonds. The maximum atomic E-state index is 13.3. The second-order valence-electron chi connectivity index (χ2n) is 11.8. The number of aliphatic hydroxyl groups is 1. The Balaban J connectivity index is 1.49. The van der Waals surface area contributed by atoms with Crippen LogP contribution in [0.25, 0.3) is 0 Å². The number of hydrogen-bond acceptors (Lipinski definition) is 7. The second kappa shape index (κ2) is 9.88. The summed E-state index contributed by atoms with van der Waals surface area (Å²) in [6, 6.07) is 0. The van der Waals surface area contributed by atoms with Crippen molar-refractivity contribution in [1.29, 1.82) is 0 Å². The van der Waals surface area contributed by atoms with Gasteiger partial charge in [0.15, 0.2) is 17.7 Å². The quantitative estimate of drug-likeness (QED) is 0.527. The van der Waals surface area contributed by atoms with E-state index in [0.29, 0.717) is 12.8 Å². The van der Waals surface area contributed by atoms with Crippen molar-refractivity contribution in [2.75, 3.05) is 6.61 Å². The molecule has 0 aromatic rings. The normalized spacial score (nSPS) is 39.8. The molecule has 0 aromatic heterocycles. The number of rotatable bonds is 7. The van der Waals surface area contributed by atoms with E-state index in [1.54, 1.807) is 26.0 Å². The largest absolute Gasteiger partial charge is 0.455 e. The molecule has 7 nitrogen and oxygen atoms in total. The number of carbonyl (C=O) groups is 4. The first-order valence-corrected chi connectivity index (χ1v) is 13.5. The molecule has 36 heavy (non-hydrogen) atoms. The van der Waals surface area contributed by atoms with Crippen LogP contribution in [-0.4, -0.2) is 47.4 Å². The summed E-state index contributed by atoms with van der Waals surface area (Å²) < 4.78 is 10.4. The van der Waals surface area contributed by atoms with Gasteiger partial charge in [0.25, 0.3) is 0 Å². The van der Waals surface area contributed by atoms with Gasteiger partial charge in [0.05, 0.1) is 6.10 Å². The highest BCUT2D eigenvalue weighted by atomic mass is 16.6. The molecule has 4 aliphatic rings. The Kier molecular flexibility index (Phi) is 7.35. The van der Waals surface area contributed by atoms with Gasteiger partial charge >= 0.3 is 11.9 Å². The van der Waals surface area contributed by atoms with Gasteiger partial charge < -0.3 is 14.6 Å². The molecule has 0 spiro atoms. The van der Waals surface area contributed by atoms with Crippen molar-refractivity contribution in [2.45, 2.75) is 85.4 Å². The molecule has 7 heteroatoms. The highest BCUT2D eigenvalue weighted by Crippen LogP contribution is 2.66. The average molecular weight is 501 g/mol. The Hall–Kier alpha value is -2.28. The van der Waals surface area contributed by atoms with Gasteiger partial charge in [0.1, 0.15) is 6.61 Å². The van der Waals surface area contributed by atoms with Crippen molar-refractivity contribution in [3.05, 3.63) is 23.8 Å². The van der Waals surface area contributed by atoms with Crippen LogP contribution in [0.15, 0.2) is 23.8 Å². The van der Waals surface area contributed by atoms with Gasteiger partial charge in [-0.2, -0.15) is 0 Å². The minimum Gasteiger partial charge on any atom is -0.455 e. The summed E-state index contributed by atoms with van der Waals surface area (Å²) in [6.45, 7) is 9.46. The Labute approximate surface area is 213 Å². The molecule has 0 bridgehead atoms. The highest BCUT2D eigenvalue weighted by Gasteiger charge is 2.63. The van der Waals surface area contributed by atoms with E-state index in [0.717, 1.165) is 18.4 Å². The van der Waals surface area contributed by atoms with Crippen molar-refractivity contribution in [2.24, 2.45) is 40.4 Å². The van der Waals surface area contributed by atoms with Crippen LogP contribution in [0.4, 0.5) is 0 Å². The van der Waals surface area contributed by atoms with Gasteiger partial charge in [-0.1, -0.05) is 46.3 Å². The van der Waals surface area contributed by atoms with E-state index in [-0.39, 0.29) is 71.4 Å². The van der Waals surface area contributed by atoms with E-state index >= 15 is 0 Å². The number of ether oxygens (including phenoxy) is 2. The van der Waals surface area contributed by atoms with Gasteiger partial charge in [-0.3, -0.25) is 14.4 Å². The summed E-state index contributed by atoms with van der Waals surface area (Å²) in [5.74, 6) is -0.834. The van der Waals surface area contributed by atoms with Gasteiger partial charge in [-0.05, 0) is 67.4 Å².